The Bertz CT molecular complexity index is 499. The second-order valence-electron chi connectivity index (χ2n) is 5.97. The number of halogens is 1. The van der Waals surface area contributed by atoms with E-state index >= 15 is 0 Å². The predicted molar refractivity (Wildman–Crippen MR) is 87.1 cm³/mol. The standard InChI is InChI=1S/C17H25ClN2O/c1-3-13-8-9-17(13,4-2)16(21)20-15(11-19)12-6-5-7-14(18)10-12/h5-7,10,13,15H,3-4,8-9,11,19H2,1-2H3,(H,20,21). The van der Waals surface area contributed by atoms with Gasteiger partial charge < -0.3 is 11.1 Å². The van der Waals surface area contributed by atoms with Gasteiger partial charge in [-0.25, -0.2) is 0 Å². The van der Waals surface area contributed by atoms with E-state index in [0.717, 1.165) is 31.2 Å². The highest BCUT2D eigenvalue weighted by molar-refractivity contribution is 6.30. The Morgan fingerprint density at radius 1 is 1.52 bits per heavy atom. The number of carbonyl (C=O) groups excluding carboxylic acids is 1. The highest BCUT2D eigenvalue weighted by Crippen LogP contribution is 2.51. The van der Waals surface area contributed by atoms with Crippen LogP contribution in [0.15, 0.2) is 24.3 Å². The van der Waals surface area contributed by atoms with Crippen molar-refractivity contribution in [2.24, 2.45) is 17.1 Å². The topological polar surface area (TPSA) is 55.1 Å². The quantitative estimate of drug-likeness (QED) is 0.842. The van der Waals surface area contributed by atoms with Crippen molar-refractivity contribution in [3.63, 3.8) is 0 Å². The third-order valence-corrected chi connectivity index (χ3v) is 5.32. The van der Waals surface area contributed by atoms with Gasteiger partial charge in [0.1, 0.15) is 0 Å². The first-order chi connectivity index (χ1) is 10.1. The summed E-state index contributed by atoms with van der Waals surface area (Å²) in [5, 5.41) is 3.81. The molecule has 0 radical (unpaired) electrons. The second kappa shape index (κ2) is 6.80. The van der Waals surface area contributed by atoms with Crippen molar-refractivity contribution in [2.75, 3.05) is 6.54 Å². The minimum Gasteiger partial charge on any atom is -0.348 e. The molecule has 0 aromatic heterocycles. The van der Waals surface area contributed by atoms with Gasteiger partial charge in [-0.1, -0.05) is 44.0 Å². The lowest BCUT2D eigenvalue weighted by molar-refractivity contribution is -0.143. The molecule has 21 heavy (non-hydrogen) atoms. The van der Waals surface area contributed by atoms with Gasteiger partial charge in [0.2, 0.25) is 5.91 Å². The van der Waals surface area contributed by atoms with E-state index in [9.17, 15) is 4.79 Å². The van der Waals surface area contributed by atoms with Crippen LogP contribution in [0.3, 0.4) is 0 Å². The molecule has 3 N–H and O–H groups in total. The Balaban J connectivity index is 2.13. The minimum atomic E-state index is -0.194. The molecule has 1 fully saturated rings. The fourth-order valence-electron chi connectivity index (χ4n) is 3.52. The lowest BCUT2D eigenvalue weighted by atomic mass is 9.57. The van der Waals surface area contributed by atoms with Crippen molar-refractivity contribution >= 4 is 17.5 Å². The van der Waals surface area contributed by atoms with Gasteiger partial charge in [-0.2, -0.15) is 0 Å². The highest BCUT2D eigenvalue weighted by Gasteiger charge is 2.50. The average Bonchev–Trinajstić information content (AvgIpc) is 2.45. The summed E-state index contributed by atoms with van der Waals surface area (Å²) in [6, 6.07) is 7.38. The van der Waals surface area contributed by atoms with Crippen molar-refractivity contribution in [3.8, 4) is 0 Å². The Hall–Kier alpha value is -1.06. The van der Waals surface area contributed by atoms with Crippen molar-refractivity contribution in [2.45, 2.75) is 45.6 Å². The highest BCUT2D eigenvalue weighted by atomic mass is 35.5. The smallest absolute Gasteiger partial charge is 0.227 e. The lowest BCUT2D eigenvalue weighted by Gasteiger charge is -2.48. The molecule has 1 amide bonds. The van der Waals surface area contributed by atoms with Gasteiger partial charge in [0.15, 0.2) is 0 Å². The van der Waals surface area contributed by atoms with Gasteiger partial charge in [0.25, 0.3) is 0 Å². The molecule has 4 heteroatoms. The molecule has 1 aliphatic carbocycles. The van der Waals surface area contributed by atoms with E-state index in [1.54, 1.807) is 0 Å². The molecule has 1 aromatic carbocycles. The summed E-state index contributed by atoms with van der Waals surface area (Å²) in [5.74, 6) is 0.652. The number of carbonyl (C=O) groups is 1. The number of hydrogen-bond acceptors (Lipinski definition) is 2. The lowest BCUT2D eigenvalue weighted by Crippen LogP contribution is -2.53. The largest absolute Gasteiger partial charge is 0.348 e. The first kappa shape index (κ1) is 16.3. The fraction of sp³-hybridized carbons (Fsp3) is 0.588. The van der Waals surface area contributed by atoms with Crippen molar-refractivity contribution in [1.82, 2.24) is 5.32 Å². The van der Waals surface area contributed by atoms with Crippen LogP contribution in [0.4, 0.5) is 0 Å². The van der Waals surface area contributed by atoms with Gasteiger partial charge in [-0.05, 0) is 42.9 Å². The van der Waals surface area contributed by atoms with Crippen LogP contribution in [-0.4, -0.2) is 12.5 Å². The zero-order valence-corrected chi connectivity index (χ0v) is 13.6. The molecule has 0 saturated heterocycles. The van der Waals surface area contributed by atoms with Crippen LogP contribution in [0.5, 0.6) is 0 Å². The maximum Gasteiger partial charge on any atom is 0.227 e. The molecule has 3 nitrogen and oxygen atoms in total. The molecule has 0 bridgehead atoms. The molecule has 116 valence electrons. The summed E-state index contributed by atoms with van der Waals surface area (Å²) in [6.07, 6.45) is 4.10. The van der Waals surface area contributed by atoms with Crippen LogP contribution in [-0.2, 0) is 4.79 Å². The van der Waals surface area contributed by atoms with E-state index in [-0.39, 0.29) is 17.4 Å². The van der Waals surface area contributed by atoms with E-state index in [0.29, 0.717) is 17.5 Å². The summed E-state index contributed by atoms with van der Waals surface area (Å²) in [6.45, 7) is 4.65. The second-order valence-corrected chi connectivity index (χ2v) is 6.41. The zero-order chi connectivity index (χ0) is 15.5. The third kappa shape index (κ3) is 3.09. The molecule has 0 aliphatic heterocycles. The van der Waals surface area contributed by atoms with E-state index in [4.69, 9.17) is 17.3 Å². The maximum absolute atomic E-state index is 12.8. The van der Waals surface area contributed by atoms with Crippen molar-refractivity contribution < 1.29 is 4.79 Å². The summed E-state index contributed by atoms with van der Waals surface area (Å²) in [7, 11) is 0. The molecule has 3 atom stereocenters. The summed E-state index contributed by atoms with van der Waals surface area (Å²) < 4.78 is 0. The molecular formula is C17H25ClN2O. The monoisotopic (exact) mass is 308 g/mol. The molecule has 0 heterocycles. The molecule has 0 spiro atoms. The number of nitrogens with one attached hydrogen (secondary N) is 1. The Kier molecular flexibility index (Phi) is 5.28. The number of rotatable bonds is 6. The molecule has 3 unspecified atom stereocenters. The first-order valence-corrected chi connectivity index (χ1v) is 8.21. The Morgan fingerprint density at radius 3 is 2.76 bits per heavy atom. The third-order valence-electron chi connectivity index (χ3n) is 5.09. The predicted octanol–water partition coefficient (Wildman–Crippen LogP) is 3.67. The van der Waals surface area contributed by atoms with Gasteiger partial charge in [0, 0.05) is 11.6 Å². The van der Waals surface area contributed by atoms with Crippen LogP contribution in [0.2, 0.25) is 5.02 Å². The van der Waals surface area contributed by atoms with Crippen LogP contribution in [0, 0.1) is 11.3 Å². The van der Waals surface area contributed by atoms with Crippen molar-refractivity contribution in [3.05, 3.63) is 34.9 Å². The zero-order valence-electron chi connectivity index (χ0n) is 12.9. The van der Waals surface area contributed by atoms with E-state index in [2.05, 4.69) is 19.2 Å². The molecule has 2 rings (SSSR count). The van der Waals surface area contributed by atoms with Gasteiger partial charge >= 0.3 is 0 Å². The number of nitrogens with two attached hydrogens (primary N) is 1. The summed E-state index contributed by atoms with van der Waals surface area (Å²) in [4.78, 5) is 12.8. The molecule has 1 aromatic rings. The SMILES string of the molecule is CCC1CCC1(CC)C(=O)NC(CN)c1cccc(Cl)c1. The fourth-order valence-corrected chi connectivity index (χ4v) is 3.72. The van der Waals surface area contributed by atoms with E-state index in [1.807, 2.05) is 24.3 Å². The summed E-state index contributed by atoms with van der Waals surface area (Å²) in [5.41, 5.74) is 6.63. The molecule has 1 saturated carbocycles. The molecule has 1 aliphatic rings. The van der Waals surface area contributed by atoms with Crippen molar-refractivity contribution in [1.29, 1.82) is 0 Å². The van der Waals surface area contributed by atoms with Crippen LogP contribution < -0.4 is 11.1 Å². The Morgan fingerprint density at radius 2 is 2.29 bits per heavy atom. The van der Waals surface area contributed by atoms with Crippen LogP contribution in [0.25, 0.3) is 0 Å². The van der Waals surface area contributed by atoms with Crippen LogP contribution >= 0.6 is 11.6 Å². The van der Waals surface area contributed by atoms with Gasteiger partial charge in [-0.15, -0.1) is 0 Å². The average molecular weight is 309 g/mol. The van der Waals surface area contributed by atoms with E-state index in [1.165, 1.54) is 0 Å². The Labute approximate surface area is 132 Å². The summed E-state index contributed by atoms with van der Waals surface area (Å²) >= 11 is 6.03. The van der Waals surface area contributed by atoms with Crippen LogP contribution in [0.1, 0.15) is 51.1 Å². The maximum atomic E-state index is 12.8. The molecular weight excluding hydrogens is 284 g/mol. The first-order valence-electron chi connectivity index (χ1n) is 7.83. The van der Waals surface area contributed by atoms with Gasteiger partial charge in [-0.3, -0.25) is 4.79 Å². The number of hydrogen-bond donors (Lipinski definition) is 2. The minimum absolute atomic E-state index is 0.151. The number of amides is 1. The normalized spacial score (nSPS) is 26.0. The number of benzene rings is 1. The van der Waals surface area contributed by atoms with Gasteiger partial charge in [0.05, 0.1) is 11.5 Å². The van der Waals surface area contributed by atoms with E-state index < -0.39 is 0 Å².